The van der Waals surface area contributed by atoms with E-state index in [0.29, 0.717) is 22.6 Å². The third-order valence-electron chi connectivity index (χ3n) is 4.96. The van der Waals surface area contributed by atoms with Crippen molar-refractivity contribution in [3.63, 3.8) is 0 Å². The van der Waals surface area contributed by atoms with Crippen molar-refractivity contribution in [2.75, 3.05) is 0 Å². The molecule has 0 atom stereocenters. The molecule has 0 aliphatic heterocycles. The Hall–Kier alpha value is -3.34. The lowest BCUT2D eigenvalue weighted by Gasteiger charge is -2.10. The second-order valence-corrected chi connectivity index (χ2v) is 7.25. The number of furan rings is 1. The molecule has 0 saturated heterocycles. The van der Waals surface area contributed by atoms with Crippen molar-refractivity contribution in [3.05, 3.63) is 70.8 Å². The molecule has 6 N–H and O–H groups in total. The maximum Gasteiger partial charge on any atom is 0.135 e. The van der Waals surface area contributed by atoms with Crippen LogP contribution in [0.5, 0.6) is 0 Å². The lowest BCUT2D eigenvalue weighted by molar-refractivity contribution is 0.597. The van der Waals surface area contributed by atoms with E-state index in [0.717, 1.165) is 47.9 Å². The Kier molecular flexibility index (Phi) is 6.17. The minimum absolute atomic E-state index is 0.0178. The van der Waals surface area contributed by atoms with Gasteiger partial charge in [0.05, 0.1) is 0 Å². The fraction of sp³-hybridized carbons (Fsp3) is 0.250. The number of hydrogen-bond acceptors (Lipinski definition) is 3. The van der Waals surface area contributed by atoms with Crippen molar-refractivity contribution in [3.8, 4) is 22.6 Å². The Morgan fingerprint density at radius 1 is 0.724 bits per heavy atom. The van der Waals surface area contributed by atoms with Gasteiger partial charge in [0.1, 0.15) is 23.2 Å². The quantitative estimate of drug-likeness (QED) is 0.318. The number of rotatable bonds is 8. The number of amidine groups is 2. The molecule has 5 nitrogen and oxygen atoms in total. The summed E-state index contributed by atoms with van der Waals surface area (Å²) in [5.74, 6) is 1.31. The highest BCUT2D eigenvalue weighted by Crippen LogP contribution is 2.33. The zero-order chi connectivity index (χ0) is 21.0. The van der Waals surface area contributed by atoms with Crippen LogP contribution in [0.1, 0.15) is 48.9 Å². The minimum Gasteiger partial charge on any atom is -0.456 e. The molecule has 0 amide bonds. The van der Waals surface area contributed by atoms with E-state index in [1.165, 1.54) is 0 Å². The van der Waals surface area contributed by atoms with Gasteiger partial charge in [-0.3, -0.25) is 10.8 Å². The third kappa shape index (κ3) is 4.40. The average Bonchev–Trinajstić information content (AvgIpc) is 3.18. The van der Waals surface area contributed by atoms with Gasteiger partial charge in [-0.15, -0.1) is 0 Å². The second-order valence-electron chi connectivity index (χ2n) is 7.25. The predicted octanol–water partition coefficient (Wildman–Crippen LogP) is 5.09. The largest absolute Gasteiger partial charge is 0.456 e. The number of aryl methyl sites for hydroxylation is 2. The van der Waals surface area contributed by atoms with Crippen LogP contribution in [0, 0.1) is 10.8 Å². The monoisotopic (exact) mass is 388 g/mol. The van der Waals surface area contributed by atoms with Crippen molar-refractivity contribution in [2.24, 2.45) is 11.5 Å². The summed E-state index contributed by atoms with van der Waals surface area (Å²) in [6.45, 7) is 4.25. The maximum absolute atomic E-state index is 7.97. The summed E-state index contributed by atoms with van der Waals surface area (Å²) in [6, 6.07) is 15.7. The van der Waals surface area contributed by atoms with Crippen LogP contribution in [0.2, 0.25) is 0 Å². The maximum atomic E-state index is 7.97. The summed E-state index contributed by atoms with van der Waals surface area (Å²) in [4.78, 5) is 0. The van der Waals surface area contributed by atoms with Crippen LogP contribution in [0.3, 0.4) is 0 Å². The van der Waals surface area contributed by atoms with E-state index < -0.39 is 0 Å². The van der Waals surface area contributed by atoms with Gasteiger partial charge in [-0.25, -0.2) is 0 Å². The molecule has 5 heteroatoms. The molecule has 0 aliphatic carbocycles. The van der Waals surface area contributed by atoms with E-state index in [-0.39, 0.29) is 11.7 Å². The summed E-state index contributed by atoms with van der Waals surface area (Å²) >= 11 is 0. The standard InChI is InChI=1S/C24H28N4O/c1-3-5-15-7-9-17(19(13-15)23(25)26)21-11-12-22(29-21)18-10-8-16(6-4-2)14-20(18)24(27)28/h7-14H,3-6H2,1-2H3,(H3,25,26)(H3,27,28). The first kappa shape index (κ1) is 20.4. The molecule has 0 aliphatic rings. The summed E-state index contributed by atoms with van der Waals surface area (Å²) in [6.07, 6.45) is 3.94. The van der Waals surface area contributed by atoms with Gasteiger partial charge in [0.2, 0.25) is 0 Å². The fourth-order valence-electron chi connectivity index (χ4n) is 3.57. The normalized spacial score (nSPS) is 10.8. The number of hydrogen-bond donors (Lipinski definition) is 4. The highest BCUT2D eigenvalue weighted by molar-refractivity contribution is 6.02. The van der Waals surface area contributed by atoms with Crippen molar-refractivity contribution in [1.29, 1.82) is 10.8 Å². The highest BCUT2D eigenvalue weighted by Gasteiger charge is 2.16. The average molecular weight is 389 g/mol. The Morgan fingerprint density at radius 2 is 1.14 bits per heavy atom. The summed E-state index contributed by atoms with van der Waals surface area (Å²) in [5, 5.41) is 15.9. The van der Waals surface area contributed by atoms with Crippen LogP contribution in [0.4, 0.5) is 0 Å². The van der Waals surface area contributed by atoms with Gasteiger partial charge in [0.25, 0.3) is 0 Å². The van der Waals surface area contributed by atoms with E-state index in [2.05, 4.69) is 13.8 Å². The van der Waals surface area contributed by atoms with Crippen molar-refractivity contribution in [2.45, 2.75) is 39.5 Å². The van der Waals surface area contributed by atoms with Crippen LogP contribution in [-0.2, 0) is 12.8 Å². The smallest absolute Gasteiger partial charge is 0.135 e. The minimum atomic E-state index is 0.0178. The number of nitrogens with two attached hydrogens (primary N) is 2. The van der Waals surface area contributed by atoms with E-state index in [9.17, 15) is 0 Å². The highest BCUT2D eigenvalue weighted by atomic mass is 16.3. The first-order valence-electron chi connectivity index (χ1n) is 9.99. The molecule has 1 heterocycles. The Bertz CT molecular complexity index is 967. The topological polar surface area (TPSA) is 113 Å². The SMILES string of the molecule is CCCc1ccc(-c2ccc(-c3ccc(CCC)cc3C(=N)N)o2)c(C(=N)N)c1. The van der Waals surface area contributed by atoms with Gasteiger partial charge in [-0.1, -0.05) is 51.0 Å². The predicted molar refractivity (Wildman–Crippen MR) is 120 cm³/mol. The van der Waals surface area contributed by atoms with E-state index >= 15 is 0 Å². The van der Waals surface area contributed by atoms with Crippen LogP contribution < -0.4 is 11.5 Å². The van der Waals surface area contributed by atoms with Crippen molar-refractivity contribution < 1.29 is 4.42 Å². The van der Waals surface area contributed by atoms with Crippen LogP contribution in [0.15, 0.2) is 52.9 Å². The van der Waals surface area contributed by atoms with Crippen LogP contribution >= 0.6 is 0 Å². The lowest BCUT2D eigenvalue weighted by atomic mass is 9.99. The summed E-state index contributed by atoms with van der Waals surface area (Å²) in [7, 11) is 0. The zero-order valence-corrected chi connectivity index (χ0v) is 17.0. The summed E-state index contributed by atoms with van der Waals surface area (Å²) in [5.41, 5.74) is 16.9. The molecule has 0 bridgehead atoms. The van der Waals surface area contributed by atoms with Gasteiger partial charge in [-0.2, -0.15) is 0 Å². The molecular formula is C24H28N4O. The van der Waals surface area contributed by atoms with E-state index in [1.54, 1.807) is 0 Å². The number of benzene rings is 2. The molecule has 150 valence electrons. The van der Waals surface area contributed by atoms with Crippen LogP contribution in [0.25, 0.3) is 22.6 Å². The molecule has 1 aromatic heterocycles. The fourth-order valence-corrected chi connectivity index (χ4v) is 3.57. The summed E-state index contributed by atoms with van der Waals surface area (Å²) < 4.78 is 6.13. The molecule has 29 heavy (non-hydrogen) atoms. The van der Waals surface area contributed by atoms with Gasteiger partial charge >= 0.3 is 0 Å². The van der Waals surface area contributed by atoms with E-state index in [1.807, 2.05) is 48.5 Å². The molecule has 0 fully saturated rings. The lowest BCUT2D eigenvalue weighted by Crippen LogP contribution is -2.13. The van der Waals surface area contributed by atoms with Gasteiger partial charge in [0, 0.05) is 22.3 Å². The molecule has 0 radical (unpaired) electrons. The molecule has 0 saturated carbocycles. The third-order valence-corrected chi connectivity index (χ3v) is 4.96. The zero-order valence-electron chi connectivity index (χ0n) is 17.0. The van der Waals surface area contributed by atoms with Gasteiger partial charge in [-0.05, 0) is 48.2 Å². The first-order valence-corrected chi connectivity index (χ1v) is 9.99. The molecular weight excluding hydrogens is 360 g/mol. The van der Waals surface area contributed by atoms with Crippen molar-refractivity contribution in [1.82, 2.24) is 0 Å². The molecule has 0 spiro atoms. The number of nitrogen functional groups attached to an aromatic ring is 2. The molecule has 2 aromatic carbocycles. The van der Waals surface area contributed by atoms with Crippen LogP contribution in [-0.4, -0.2) is 11.7 Å². The Morgan fingerprint density at radius 3 is 1.48 bits per heavy atom. The second kappa shape index (κ2) is 8.78. The molecule has 0 unspecified atom stereocenters. The molecule has 3 aromatic rings. The number of nitrogens with one attached hydrogen (secondary N) is 2. The van der Waals surface area contributed by atoms with Gasteiger partial charge in [0.15, 0.2) is 0 Å². The first-order chi connectivity index (χ1) is 13.9. The van der Waals surface area contributed by atoms with Crippen molar-refractivity contribution >= 4 is 11.7 Å². The molecule has 3 rings (SSSR count). The van der Waals surface area contributed by atoms with Gasteiger partial charge < -0.3 is 15.9 Å². The Balaban J connectivity index is 2.04. The Labute approximate surface area is 171 Å². The van der Waals surface area contributed by atoms with E-state index in [4.69, 9.17) is 26.7 Å².